The van der Waals surface area contributed by atoms with Gasteiger partial charge in [-0.25, -0.2) is 9.97 Å². The molecule has 2 N–H and O–H groups in total. The molecule has 0 aromatic carbocycles. The molecule has 0 aliphatic heterocycles. The monoisotopic (exact) mass is 451 g/mol. The van der Waals surface area contributed by atoms with E-state index < -0.39 is 0 Å². The van der Waals surface area contributed by atoms with E-state index in [2.05, 4.69) is 25.2 Å². The van der Waals surface area contributed by atoms with Gasteiger partial charge in [0.05, 0.1) is 37.4 Å². The zero-order valence-corrected chi connectivity index (χ0v) is 19.1. The average Bonchev–Trinajstić information content (AvgIpc) is 3.72. The first-order valence-corrected chi connectivity index (χ1v) is 11.3. The van der Waals surface area contributed by atoms with Gasteiger partial charge in [-0.3, -0.25) is 4.79 Å². The number of methoxy groups -OCH3 is 1. The quantitative estimate of drug-likeness (QED) is 0.488. The van der Waals surface area contributed by atoms with Crippen LogP contribution in [-0.4, -0.2) is 72.3 Å². The molecule has 1 unspecified atom stereocenters. The number of carbonyl (C=O) groups is 1. The fourth-order valence-electron chi connectivity index (χ4n) is 3.81. The van der Waals surface area contributed by atoms with Gasteiger partial charge in [-0.2, -0.15) is 0 Å². The lowest BCUT2D eigenvalue weighted by Crippen LogP contribution is -2.21. The zero-order valence-electron chi connectivity index (χ0n) is 19.1. The van der Waals surface area contributed by atoms with E-state index in [4.69, 9.17) is 14.2 Å². The third-order valence-electron chi connectivity index (χ3n) is 5.89. The first-order valence-electron chi connectivity index (χ1n) is 11.3. The number of rotatable bonds is 10. The van der Waals surface area contributed by atoms with E-state index in [-0.39, 0.29) is 24.0 Å². The molecular formula is C24H29N5O4. The van der Waals surface area contributed by atoms with Crippen LogP contribution in [0.5, 0.6) is 11.6 Å². The smallest absolute Gasteiger partial charge is 0.231 e. The number of aromatic amines is 1. The number of H-pyrrole nitrogens is 1. The maximum Gasteiger partial charge on any atom is 0.231 e. The molecule has 3 heterocycles. The first-order chi connectivity index (χ1) is 16.0. The lowest BCUT2D eigenvalue weighted by atomic mass is 10.1. The summed E-state index contributed by atoms with van der Waals surface area (Å²) >= 11 is 0. The predicted molar refractivity (Wildman–Crippen MR) is 125 cm³/mol. The van der Waals surface area contributed by atoms with Gasteiger partial charge in [0.25, 0.3) is 0 Å². The van der Waals surface area contributed by atoms with E-state index in [9.17, 15) is 4.79 Å². The number of pyridine rings is 2. The Morgan fingerprint density at radius 3 is 2.88 bits per heavy atom. The van der Waals surface area contributed by atoms with Crippen molar-refractivity contribution >= 4 is 22.8 Å². The highest BCUT2D eigenvalue weighted by atomic mass is 16.5. The highest BCUT2D eigenvalue weighted by molar-refractivity contribution is 5.99. The van der Waals surface area contributed by atoms with E-state index in [0.717, 1.165) is 48.1 Å². The standard InChI is InChI=1S/C24H29N5O4/c1-29(2)10-11-32-19-12-16(19)23(30)28-20-7-6-15-17(13-26-22(15)27-20)21-18(33-14-4-5-14)8-9-25-24(21)31-3/h6-9,13-14,16,19H,4-5,10-12H2,1-3H3,(H2,26,27,28,30)/t16-,19?/m0/s1. The van der Waals surface area contributed by atoms with E-state index in [1.54, 1.807) is 13.3 Å². The number of hydrogen-bond donors (Lipinski definition) is 2. The second-order valence-corrected chi connectivity index (χ2v) is 8.85. The van der Waals surface area contributed by atoms with Crippen LogP contribution in [0.15, 0.2) is 30.6 Å². The van der Waals surface area contributed by atoms with Gasteiger partial charge < -0.3 is 29.4 Å². The van der Waals surface area contributed by atoms with Crippen LogP contribution < -0.4 is 14.8 Å². The Hall–Kier alpha value is -3.17. The van der Waals surface area contributed by atoms with E-state index in [1.807, 2.05) is 38.5 Å². The van der Waals surface area contributed by atoms with Crippen LogP contribution in [0.25, 0.3) is 22.2 Å². The molecule has 0 bridgehead atoms. The molecule has 9 nitrogen and oxygen atoms in total. The number of anilines is 1. The molecule has 174 valence electrons. The second-order valence-electron chi connectivity index (χ2n) is 8.85. The molecule has 1 amide bonds. The van der Waals surface area contributed by atoms with Crippen LogP contribution in [0.4, 0.5) is 5.82 Å². The molecule has 2 saturated carbocycles. The van der Waals surface area contributed by atoms with Gasteiger partial charge in [-0.15, -0.1) is 0 Å². The summed E-state index contributed by atoms with van der Waals surface area (Å²) < 4.78 is 17.4. The molecule has 3 aromatic heterocycles. The fraction of sp³-hybridized carbons (Fsp3) is 0.458. The highest BCUT2D eigenvalue weighted by Gasteiger charge is 2.44. The normalized spacial score (nSPS) is 19.6. The number of nitrogens with one attached hydrogen (secondary N) is 2. The molecule has 3 aromatic rings. The number of ether oxygens (including phenoxy) is 3. The molecule has 33 heavy (non-hydrogen) atoms. The van der Waals surface area contributed by atoms with Crippen LogP contribution in [0, 0.1) is 5.92 Å². The number of likely N-dealkylation sites (N-methyl/N-ethyl adjacent to an activating group) is 1. The number of amides is 1. The minimum atomic E-state index is -0.120. The number of fused-ring (bicyclic) bond motifs is 1. The largest absolute Gasteiger partial charge is 0.490 e. The summed E-state index contributed by atoms with van der Waals surface area (Å²) in [7, 11) is 5.60. The Labute approximate surface area is 192 Å². The molecule has 9 heteroatoms. The van der Waals surface area contributed by atoms with Crippen LogP contribution in [0.1, 0.15) is 19.3 Å². The zero-order chi connectivity index (χ0) is 22.9. The van der Waals surface area contributed by atoms with Crippen molar-refractivity contribution in [3.63, 3.8) is 0 Å². The summed E-state index contributed by atoms with van der Waals surface area (Å²) in [6.07, 6.45) is 6.68. The first kappa shape index (κ1) is 21.7. The van der Waals surface area contributed by atoms with Gasteiger partial charge in [0.1, 0.15) is 17.2 Å². The second kappa shape index (κ2) is 8.99. The predicted octanol–water partition coefficient (Wildman–Crippen LogP) is 3.08. The third kappa shape index (κ3) is 4.79. The Morgan fingerprint density at radius 2 is 2.12 bits per heavy atom. The molecular weight excluding hydrogens is 422 g/mol. The van der Waals surface area contributed by atoms with Gasteiger partial charge in [0, 0.05) is 29.9 Å². The maximum atomic E-state index is 12.6. The van der Waals surface area contributed by atoms with Crippen LogP contribution in [0.3, 0.4) is 0 Å². The van der Waals surface area contributed by atoms with Gasteiger partial charge in [0.15, 0.2) is 0 Å². The molecule has 0 spiro atoms. The Morgan fingerprint density at radius 1 is 1.27 bits per heavy atom. The molecule has 2 aliphatic rings. The SMILES string of the molecule is COc1nccc(OC2CC2)c1-c1c[nH]c2nc(NC(=O)[C@H]3CC3OCCN(C)C)ccc12. The topological polar surface area (TPSA) is 102 Å². The number of hydrogen-bond acceptors (Lipinski definition) is 7. The Bertz CT molecular complexity index is 1160. The molecule has 2 fully saturated rings. The van der Waals surface area contributed by atoms with Crippen molar-refractivity contribution in [3.05, 3.63) is 30.6 Å². The average molecular weight is 452 g/mol. The van der Waals surface area contributed by atoms with Crippen LogP contribution >= 0.6 is 0 Å². The Kier molecular flexibility index (Phi) is 5.90. The highest BCUT2D eigenvalue weighted by Crippen LogP contribution is 2.42. The van der Waals surface area contributed by atoms with E-state index in [0.29, 0.717) is 24.0 Å². The van der Waals surface area contributed by atoms with Crippen molar-refractivity contribution < 1.29 is 19.0 Å². The summed E-state index contributed by atoms with van der Waals surface area (Å²) in [4.78, 5) is 26.8. The summed E-state index contributed by atoms with van der Waals surface area (Å²) in [6.45, 7) is 1.47. The van der Waals surface area contributed by atoms with Crippen molar-refractivity contribution in [2.24, 2.45) is 5.92 Å². The van der Waals surface area contributed by atoms with Crippen molar-refractivity contribution in [1.29, 1.82) is 0 Å². The van der Waals surface area contributed by atoms with Crippen LogP contribution in [0.2, 0.25) is 0 Å². The summed E-state index contributed by atoms with van der Waals surface area (Å²) in [5, 5.41) is 3.82. The minimum absolute atomic E-state index is 0.00583. The van der Waals surface area contributed by atoms with E-state index in [1.165, 1.54) is 0 Å². The van der Waals surface area contributed by atoms with Gasteiger partial charge >= 0.3 is 0 Å². The lowest BCUT2D eigenvalue weighted by molar-refractivity contribution is -0.118. The molecule has 0 saturated heterocycles. The van der Waals surface area contributed by atoms with E-state index >= 15 is 0 Å². The van der Waals surface area contributed by atoms with Gasteiger partial charge in [-0.05, 0) is 51.6 Å². The number of nitrogens with zero attached hydrogens (tertiary/aromatic N) is 3. The summed E-state index contributed by atoms with van der Waals surface area (Å²) in [5.41, 5.74) is 2.36. The van der Waals surface area contributed by atoms with Gasteiger partial charge in [0.2, 0.25) is 11.8 Å². The van der Waals surface area contributed by atoms with Crippen molar-refractivity contribution in [1.82, 2.24) is 19.9 Å². The third-order valence-corrected chi connectivity index (χ3v) is 5.89. The summed E-state index contributed by atoms with van der Waals surface area (Å²) in [6, 6.07) is 5.62. The molecule has 0 radical (unpaired) electrons. The fourth-order valence-corrected chi connectivity index (χ4v) is 3.81. The maximum absolute atomic E-state index is 12.6. The van der Waals surface area contributed by atoms with Crippen molar-refractivity contribution in [2.75, 3.05) is 39.7 Å². The number of aromatic nitrogens is 3. The van der Waals surface area contributed by atoms with Crippen molar-refractivity contribution in [2.45, 2.75) is 31.5 Å². The minimum Gasteiger partial charge on any atom is -0.490 e. The van der Waals surface area contributed by atoms with Gasteiger partial charge in [-0.1, -0.05) is 0 Å². The molecule has 5 rings (SSSR count). The number of carbonyl (C=O) groups excluding carboxylic acids is 1. The Balaban J connectivity index is 1.32. The summed E-state index contributed by atoms with van der Waals surface area (Å²) in [5.74, 6) is 1.58. The lowest BCUT2D eigenvalue weighted by Gasteiger charge is -2.13. The van der Waals surface area contributed by atoms with Crippen molar-refractivity contribution in [3.8, 4) is 22.8 Å². The molecule has 2 atom stereocenters. The van der Waals surface area contributed by atoms with Crippen LogP contribution in [-0.2, 0) is 9.53 Å². The molecule has 2 aliphatic carbocycles.